The topological polar surface area (TPSA) is 61.8 Å². The maximum Gasteiger partial charge on any atom is 0.313 e. The highest BCUT2D eigenvalue weighted by molar-refractivity contribution is 6.99. The highest BCUT2D eigenvalue weighted by Crippen LogP contribution is 2.68. The van der Waals surface area contributed by atoms with Crippen molar-refractivity contribution in [2.75, 3.05) is 13.2 Å². The molecule has 2 fully saturated rings. The molecule has 5 nitrogen and oxygen atoms in total. The Bertz CT molecular complexity index is 1400. The maximum absolute atomic E-state index is 14.2. The van der Waals surface area contributed by atoms with E-state index in [1.54, 1.807) is 0 Å². The van der Waals surface area contributed by atoms with Crippen molar-refractivity contribution in [3.8, 4) is 0 Å². The first kappa shape index (κ1) is 35.6. The van der Waals surface area contributed by atoms with Gasteiger partial charge in [-0.2, -0.15) is 0 Å². The summed E-state index contributed by atoms with van der Waals surface area (Å²) in [6.07, 6.45) is 8.55. The molecule has 0 heterocycles. The van der Waals surface area contributed by atoms with Crippen molar-refractivity contribution in [2.24, 2.45) is 34.0 Å². The molecule has 6 heteroatoms. The van der Waals surface area contributed by atoms with Crippen LogP contribution in [0.2, 0.25) is 5.04 Å². The zero-order valence-corrected chi connectivity index (χ0v) is 31.4. The van der Waals surface area contributed by atoms with Gasteiger partial charge in [-0.1, -0.05) is 127 Å². The van der Waals surface area contributed by atoms with Gasteiger partial charge in [0.05, 0.1) is 12.5 Å². The number of fused-ring (bicyclic) bond motifs is 3. The Morgan fingerprint density at radius 3 is 2.00 bits per heavy atom. The molecular formula is C41H58O5Si. The highest BCUT2D eigenvalue weighted by atomic mass is 28.4. The van der Waals surface area contributed by atoms with Crippen LogP contribution in [-0.2, 0) is 23.5 Å². The second-order valence-corrected chi connectivity index (χ2v) is 21.3. The van der Waals surface area contributed by atoms with Gasteiger partial charge in [-0.15, -0.1) is 0 Å². The monoisotopic (exact) mass is 658 g/mol. The van der Waals surface area contributed by atoms with Gasteiger partial charge in [0.1, 0.15) is 6.61 Å². The van der Waals surface area contributed by atoms with E-state index in [2.05, 4.69) is 110 Å². The summed E-state index contributed by atoms with van der Waals surface area (Å²) in [5, 5.41) is 2.06. The zero-order valence-electron chi connectivity index (χ0n) is 30.4. The van der Waals surface area contributed by atoms with Crippen molar-refractivity contribution in [2.45, 2.75) is 112 Å². The number of ether oxygens (including phenoxy) is 2. The molecule has 0 bridgehead atoms. The van der Waals surface area contributed by atoms with Gasteiger partial charge >= 0.3 is 11.9 Å². The summed E-state index contributed by atoms with van der Waals surface area (Å²) in [6.45, 7) is 20.0. The van der Waals surface area contributed by atoms with Crippen molar-refractivity contribution in [3.05, 3.63) is 72.3 Å². The molecule has 3 aliphatic carbocycles. The van der Waals surface area contributed by atoms with Gasteiger partial charge in [0.2, 0.25) is 0 Å². The van der Waals surface area contributed by atoms with Gasteiger partial charge in [-0.05, 0) is 82.5 Å². The van der Waals surface area contributed by atoms with Crippen molar-refractivity contribution >= 4 is 30.6 Å². The molecule has 5 rings (SSSR count). The Hall–Kier alpha value is -2.70. The van der Waals surface area contributed by atoms with Crippen molar-refractivity contribution < 1.29 is 23.5 Å². The first-order valence-electron chi connectivity index (χ1n) is 17.8. The van der Waals surface area contributed by atoms with Crippen LogP contribution in [-0.4, -0.2) is 39.6 Å². The predicted octanol–water partition coefficient (Wildman–Crippen LogP) is 8.25. The Morgan fingerprint density at radius 2 is 1.45 bits per heavy atom. The summed E-state index contributed by atoms with van der Waals surface area (Å²) in [7, 11) is -2.88. The largest absolute Gasteiger partial charge is 0.461 e. The lowest BCUT2D eigenvalue weighted by Gasteiger charge is -2.64. The summed E-state index contributed by atoms with van der Waals surface area (Å²) < 4.78 is 19.1. The minimum atomic E-state index is -2.88. The molecule has 47 heavy (non-hydrogen) atoms. The van der Waals surface area contributed by atoms with Crippen molar-refractivity contribution in [1.29, 1.82) is 0 Å². The Labute approximate surface area is 285 Å². The fourth-order valence-corrected chi connectivity index (χ4v) is 15.1. The summed E-state index contributed by atoms with van der Waals surface area (Å²) in [5.41, 5.74) is 1.47. The first-order valence-corrected chi connectivity index (χ1v) is 19.7. The lowest BCUT2D eigenvalue weighted by atomic mass is 9.40. The van der Waals surface area contributed by atoms with E-state index < -0.39 is 20.4 Å². The van der Waals surface area contributed by atoms with Crippen molar-refractivity contribution in [1.82, 2.24) is 0 Å². The lowest BCUT2D eigenvalue weighted by Crippen LogP contribution is -2.67. The molecular weight excluding hydrogens is 601 g/mol. The molecule has 0 aromatic heterocycles. The number of hydrogen-bond donors (Lipinski definition) is 0. The first-order chi connectivity index (χ1) is 22.1. The molecule has 0 spiro atoms. The lowest BCUT2D eigenvalue weighted by molar-refractivity contribution is -0.177. The highest BCUT2D eigenvalue weighted by Gasteiger charge is 2.62. The maximum atomic E-state index is 14.2. The second-order valence-electron chi connectivity index (χ2n) is 17.0. The molecule has 2 aromatic carbocycles. The quantitative estimate of drug-likeness (QED) is 0.154. The summed E-state index contributed by atoms with van der Waals surface area (Å²) in [6, 6.07) is 20.8. The average molecular weight is 659 g/mol. The average Bonchev–Trinajstić information content (AvgIpc) is 2.99. The number of carbonyl (C=O) groups excluding carboxylic acids is 2. The Kier molecular flexibility index (Phi) is 10.1. The van der Waals surface area contributed by atoms with Crippen LogP contribution in [0, 0.1) is 34.0 Å². The molecule has 0 saturated heterocycles. The van der Waals surface area contributed by atoms with Crippen LogP contribution >= 0.6 is 0 Å². The summed E-state index contributed by atoms with van der Waals surface area (Å²) in [5.74, 6) is 0.170. The molecule has 0 amide bonds. The number of benzene rings is 2. The van der Waals surface area contributed by atoms with Gasteiger partial charge in [0, 0.05) is 6.92 Å². The van der Waals surface area contributed by atoms with Gasteiger partial charge in [-0.25, -0.2) is 0 Å². The third kappa shape index (κ3) is 6.54. The fourth-order valence-electron chi connectivity index (χ4n) is 10.6. The number of allylic oxidation sites excluding steroid dienone is 1. The van der Waals surface area contributed by atoms with Crippen LogP contribution in [0.15, 0.2) is 72.3 Å². The van der Waals surface area contributed by atoms with Crippen LogP contribution in [0.5, 0.6) is 0 Å². The van der Waals surface area contributed by atoms with Crippen LogP contribution < -0.4 is 10.4 Å². The molecule has 6 atom stereocenters. The predicted molar refractivity (Wildman–Crippen MR) is 192 cm³/mol. The molecule has 0 N–H and O–H groups in total. The van der Waals surface area contributed by atoms with Crippen LogP contribution in [0.1, 0.15) is 101 Å². The molecule has 2 aromatic rings. The van der Waals surface area contributed by atoms with Gasteiger partial charge in [0.15, 0.2) is 6.10 Å². The molecule has 0 aliphatic heterocycles. The van der Waals surface area contributed by atoms with Crippen LogP contribution in [0.25, 0.3) is 0 Å². The normalized spacial score (nSPS) is 29.5. The number of carbonyl (C=O) groups is 2. The molecule has 3 aliphatic rings. The number of rotatable bonds is 9. The Balaban J connectivity index is 1.38. The van der Waals surface area contributed by atoms with Gasteiger partial charge in [-0.3, -0.25) is 9.59 Å². The van der Waals surface area contributed by atoms with Crippen molar-refractivity contribution in [3.63, 3.8) is 0 Å². The van der Waals surface area contributed by atoms with Crippen LogP contribution in [0.4, 0.5) is 0 Å². The van der Waals surface area contributed by atoms with E-state index in [0.29, 0.717) is 17.3 Å². The van der Waals surface area contributed by atoms with E-state index in [-0.39, 0.29) is 41.0 Å². The summed E-state index contributed by atoms with van der Waals surface area (Å²) in [4.78, 5) is 26.6. The zero-order chi connectivity index (χ0) is 34.3. The smallest absolute Gasteiger partial charge is 0.313 e. The van der Waals surface area contributed by atoms with E-state index in [1.165, 1.54) is 26.2 Å². The fraction of sp³-hybridized carbons (Fsp3) is 0.610. The Morgan fingerprint density at radius 1 is 0.851 bits per heavy atom. The standard InChI is InChI=1S/C41H58O5Si/c1-29-21-22-35-40(8)25-16-24-39(6,7)34(40)23-26-41(35,9)36(29)37(43)44-27-31(46-30(2)42)28-45-47(38(3,4)5,32-17-12-10-13-18-32)33-19-14-11-15-20-33/h10-15,17-21,31,34-36H,16,22-28H2,1-9H3/t31-,34+,35+,36+,40+,41-/m0/s1. The summed E-state index contributed by atoms with van der Waals surface area (Å²) >= 11 is 0. The van der Waals surface area contributed by atoms with E-state index in [4.69, 9.17) is 13.9 Å². The number of hydrogen-bond acceptors (Lipinski definition) is 5. The van der Waals surface area contributed by atoms with E-state index in [9.17, 15) is 9.59 Å². The van der Waals surface area contributed by atoms with Crippen LogP contribution in [0.3, 0.4) is 0 Å². The third-order valence-electron chi connectivity index (χ3n) is 12.5. The minimum absolute atomic E-state index is 0.0337. The molecule has 2 saturated carbocycles. The molecule has 256 valence electrons. The van der Waals surface area contributed by atoms with Gasteiger partial charge < -0.3 is 13.9 Å². The van der Waals surface area contributed by atoms with E-state index in [0.717, 1.165) is 35.2 Å². The van der Waals surface area contributed by atoms with E-state index in [1.807, 2.05) is 12.1 Å². The molecule has 0 unspecified atom stereocenters. The third-order valence-corrected chi connectivity index (χ3v) is 17.5. The van der Waals surface area contributed by atoms with Gasteiger partial charge in [0.25, 0.3) is 8.32 Å². The minimum Gasteiger partial charge on any atom is -0.461 e. The SMILES string of the molecule is CC(=O)O[C@@H](COC(=O)[C@H]1C(C)=CC[C@@H]2[C@]3(C)CCCC(C)(C)[C@H]3CC[C@]12C)CO[Si](c1ccccc1)(c1ccccc1)C(C)(C)C. The number of esters is 2. The second kappa shape index (κ2) is 13.3. The molecule has 0 radical (unpaired) electrons. The van der Waals surface area contributed by atoms with E-state index >= 15 is 0 Å².